The molecule has 0 radical (unpaired) electrons. The van der Waals surface area contributed by atoms with Crippen molar-refractivity contribution in [2.45, 2.75) is 32.1 Å². The van der Waals surface area contributed by atoms with Gasteiger partial charge in [-0.1, -0.05) is 55.5 Å². The van der Waals surface area contributed by atoms with E-state index < -0.39 is 0 Å². The molecule has 17 heavy (non-hydrogen) atoms. The highest BCUT2D eigenvalue weighted by molar-refractivity contribution is 5.67. The Bertz CT molecular complexity index is 533. The first-order valence-electron chi connectivity index (χ1n) is 6.36. The van der Waals surface area contributed by atoms with E-state index in [1.165, 1.54) is 35.1 Å². The first kappa shape index (κ1) is 10.6. The third kappa shape index (κ3) is 1.88. The zero-order chi connectivity index (χ0) is 11.9. The monoisotopic (exact) mass is 222 g/mol. The van der Waals surface area contributed by atoms with E-state index in [2.05, 4.69) is 62.4 Å². The Labute approximate surface area is 103 Å². The number of rotatable bonds is 2. The molecule has 0 heterocycles. The SMILES string of the molecule is Cc1cc(C2(C)CC2)ccc1-c1ccccc1. The minimum Gasteiger partial charge on any atom is -0.0622 e. The van der Waals surface area contributed by atoms with Crippen LogP contribution in [-0.4, -0.2) is 0 Å². The smallest absolute Gasteiger partial charge is 0.00745 e. The van der Waals surface area contributed by atoms with E-state index in [1.807, 2.05) is 0 Å². The number of hydrogen-bond acceptors (Lipinski definition) is 0. The van der Waals surface area contributed by atoms with Gasteiger partial charge in [-0.25, -0.2) is 0 Å². The predicted molar refractivity (Wildman–Crippen MR) is 73.2 cm³/mol. The van der Waals surface area contributed by atoms with Gasteiger partial charge >= 0.3 is 0 Å². The largest absolute Gasteiger partial charge is 0.0622 e. The highest BCUT2D eigenvalue weighted by atomic mass is 14.4. The van der Waals surface area contributed by atoms with Crippen LogP contribution in [0.3, 0.4) is 0 Å². The summed E-state index contributed by atoms with van der Waals surface area (Å²) in [6.07, 6.45) is 2.69. The summed E-state index contributed by atoms with van der Waals surface area (Å²) in [6.45, 7) is 4.58. The molecule has 0 amide bonds. The van der Waals surface area contributed by atoms with Gasteiger partial charge in [0.1, 0.15) is 0 Å². The van der Waals surface area contributed by atoms with Crippen molar-refractivity contribution in [2.24, 2.45) is 0 Å². The Balaban J connectivity index is 2.03. The average Bonchev–Trinajstić information content (AvgIpc) is 3.10. The third-order valence-electron chi connectivity index (χ3n) is 4.01. The topological polar surface area (TPSA) is 0 Å². The molecule has 0 atom stereocenters. The lowest BCUT2D eigenvalue weighted by molar-refractivity contribution is 0.787. The first-order valence-corrected chi connectivity index (χ1v) is 6.36. The maximum atomic E-state index is 2.37. The van der Waals surface area contributed by atoms with E-state index in [1.54, 1.807) is 0 Å². The molecule has 2 aromatic rings. The normalized spacial score (nSPS) is 16.8. The Morgan fingerprint density at radius 2 is 1.65 bits per heavy atom. The molecule has 2 aromatic carbocycles. The van der Waals surface area contributed by atoms with Gasteiger partial charge in [0.25, 0.3) is 0 Å². The zero-order valence-electron chi connectivity index (χ0n) is 10.5. The lowest BCUT2D eigenvalue weighted by atomic mass is 9.92. The van der Waals surface area contributed by atoms with Crippen LogP contribution in [0.2, 0.25) is 0 Å². The standard InChI is InChI=1S/C17H18/c1-13-12-15(17(2)10-11-17)8-9-16(13)14-6-4-3-5-7-14/h3-9,12H,10-11H2,1-2H3. The van der Waals surface area contributed by atoms with Gasteiger partial charge in [-0.2, -0.15) is 0 Å². The van der Waals surface area contributed by atoms with Crippen molar-refractivity contribution >= 4 is 0 Å². The van der Waals surface area contributed by atoms with Gasteiger partial charge in [0, 0.05) is 0 Å². The summed E-state index contributed by atoms with van der Waals surface area (Å²) in [6, 6.07) is 17.6. The molecule has 0 spiro atoms. The lowest BCUT2D eigenvalue weighted by Gasteiger charge is -2.13. The van der Waals surface area contributed by atoms with Crippen molar-refractivity contribution in [2.75, 3.05) is 0 Å². The zero-order valence-corrected chi connectivity index (χ0v) is 10.5. The van der Waals surface area contributed by atoms with Crippen molar-refractivity contribution in [3.63, 3.8) is 0 Å². The second-order valence-corrected chi connectivity index (χ2v) is 5.46. The van der Waals surface area contributed by atoms with Crippen LogP contribution in [0, 0.1) is 6.92 Å². The average molecular weight is 222 g/mol. The van der Waals surface area contributed by atoms with E-state index in [-0.39, 0.29) is 0 Å². The summed E-state index contributed by atoms with van der Waals surface area (Å²) in [5.41, 5.74) is 6.05. The Morgan fingerprint density at radius 1 is 0.941 bits per heavy atom. The van der Waals surface area contributed by atoms with E-state index in [0.717, 1.165) is 0 Å². The van der Waals surface area contributed by atoms with Crippen molar-refractivity contribution in [3.8, 4) is 11.1 Å². The van der Waals surface area contributed by atoms with Gasteiger partial charge in [-0.3, -0.25) is 0 Å². The van der Waals surface area contributed by atoms with Crippen molar-refractivity contribution in [3.05, 3.63) is 59.7 Å². The predicted octanol–water partition coefficient (Wildman–Crippen LogP) is 4.71. The van der Waals surface area contributed by atoms with Gasteiger partial charge in [-0.05, 0) is 47.4 Å². The summed E-state index contributed by atoms with van der Waals surface area (Å²) in [7, 11) is 0. The first-order chi connectivity index (χ1) is 8.19. The van der Waals surface area contributed by atoms with Crippen molar-refractivity contribution in [1.82, 2.24) is 0 Å². The second-order valence-electron chi connectivity index (χ2n) is 5.46. The van der Waals surface area contributed by atoms with Crippen LogP contribution in [-0.2, 0) is 5.41 Å². The van der Waals surface area contributed by atoms with Crippen LogP contribution in [0.15, 0.2) is 48.5 Å². The highest BCUT2D eigenvalue weighted by Gasteiger charge is 2.38. The van der Waals surface area contributed by atoms with Crippen LogP contribution in [0.25, 0.3) is 11.1 Å². The number of hydrogen-bond donors (Lipinski definition) is 0. The molecule has 86 valence electrons. The molecule has 0 aromatic heterocycles. The van der Waals surface area contributed by atoms with E-state index in [4.69, 9.17) is 0 Å². The molecule has 0 aliphatic heterocycles. The van der Waals surface area contributed by atoms with E-state index in [0.29, 0.717) is 5.41 Å². The molecule has 3 rings (SSSR count). The minimum atomic E-state index is 0.472. The number of benzene rings is 2. The van der Waals surface area contributed by atoms with Crippen molar-refractivity contribution < 1.29 is 0 Å². The minimum absolute atomic E-state index is 0.472. The molecule has 0 nitrogen and oxygen atoms in total. The molecular formula is C17H18. The molecule has 0 saturated heterocycles. The molecule has 0 heteroatoms. The van der Waals surface area contributed by atoms with Crippen LogP contribution in [0.5, 0.6) is 0 Å². The van der Waals surface area contributed by atoms with Crippen LogP contribution >= 0.6 is 0 Å². The van der Waals surface area contributed by atoms with Crippen LogP contribution < -0.4 is 0 Å². The van der Waals surface area contributed by atoms with Crippen molar-refractivity contribution in [1.29, 1.82) is 0 Å². The highest BCUT2D eigenvalue weighted by Crippen LogP contribution is 2.48. The molecular weight excluding hydrogens is 204 g/mol. The fourth-order valence-electron chi connectivity index (χ4n) is 2.46. The van der Waals surface area contributed by atoms with Crippen LogP contribution in [0.4, 0.5) is 0 Å². The summed E-state index contributed by atoms with van der Waals surface area (Å²) in [4.78, 5) is 0. The van der Waals surface area contributed by atoms with Gasteiger partial charge < -0.3 is 0 Å². The van der Waals surface area contributed by atoms with Gasteiger partial charge in [0.2, 0.25) is 0 Å². The van der Waals surface area contributed by atoms with E-state index >= 15 is 0 Å². The summed E-state index contributed by atoms with van der Waals surface area (Å²) in [5, 5.41) is 0. The van der Waals surface area contributed by atoms with Crippen LogP contribution in [0.1, 0.15) is 30.9 Å². The summed E-state index contributed by atoms with van der Waals surface area (Å²) in [5.74, 6) is 0. The molecule has 0 N–H and O–H groups in total. The molecule has 1 fully saturated rings. The Hall–Kier alpha value is -1.56. The molecule has 0 bridgehead atoms. The molecule has 1 aliphatic rings. The third-order valence-corrected chi connectivity index (χ3v) is 4.01. The molecule has 1 aliphatic carbocycles. The second kappa shape index (κ2) is 3.73. The quantitative estimate of drug-likeness (QED) is 0.690. The molecule has 1 saturated carbocycles. The summed E-state index contributed by atoms with van der Waals surface area (Å²) >= 11 is 0. The van der Waals surface area contributed by atoms with Gasteiger partial charge in [0.15, 0.2) is 0 Å². The fourth-order valence-corrected chi connectivity index (χ4v) is 2.46. The van der Waals surface area contributed by atoms with Gasteiger partial charge in [0.05, 0.1) is 0 Å². The Kier molecular flexibility index (Phi) is 2.32. The fraction of sp³-hybridized carbons (Fsp3) is 0.294. The lowest BCUT2D eigenvalue weighted by Crippen LogP contribution is -2.00. The maximum absolute atomic E-state index is 2.37. The molecule has 0 unspecified atom stereocenters. The number of aryl methyl sites for hydroxylation is 1. The summed E-state index contributed by atoms with van der Waals surface area (Å²) < 4.78 is 0. The van der Waals surface area contributed by atoms with E-state index in [9.17, 15) is 0 Å². The Morgan fingerprint density at radius 3 is 2.24 bits per heavy atom. The van der Waals surface area contributed by atoms with Gasteiger partial charge in [-0.15, -0.1) is 0 Å². The maximum Gasteiger partial charge on any atom is -0.00745 e.